The monoisotopic (exact) mass is 312 g/mol. The van der Waals surface area contributed by atoms with Crippen molar-refractivity contribution in [1.29, 1.82) is 0 Å². The molecule has 0 spiro atoms. The van der Waals surface area contributed by atoms with Gasteiger partial charge in [0.15, 0.2) is 0 Å². The van der Waals surface area contributed by atoms with Crippen LogP contribution >= 0.6 is 0 Å². The number of nitrogens with two attached hydrogens (primary N) is 1. The summed E-state index contributed by atoms with van der Waals surface area (Å²) in [5.41, 5.74) is 5.85. The number of sulfonamides is 1. The van der Waals surface area contributed by atoms with Gasteiger partial charge in [0.1, 0.15) is 10.7 Å². The topological polar surface area (TPSA) is 88.3 Å². The van der Waals surface area contributed by atoms with E-state index in [9.17, 15) is 8.42 Å². The maximum Gasteiger partial charge on any atom is 0.244 e. The van der Waals surface area contributed by atoms with Crippen LogP contribution in [-0.4, -0.2) is 44.4 Å². The molecule has 0 aromatic carbocycles. The molecule has 7 heteroatoms. The van der Waals surface area contributed by atoms with Gasteiger partial charge in [-0.25, -0.2) is 17.7 Å². The van der Waals surface area contributed by atoms with Gasteiger partial charge in [-0.3, -0.25) is 0 Å². The summed E-state index contributed by atoms with van der Waals surface area (Å²) in [4.78, 5) is 4.41. The maximum atomic E-state index is 12.0. The molecule has 1 aliphatic rings. The van der Waals surface area contributed by atoms with Gasteiger partial charge in [0.05, 0.1) is 0 Å². The summed E-state index contributed by atoms with van der Waals surface area (Å²) in [6, 6.07) is 3.48. The molecule has 0 amide bonds. The molecule has 1 fully saturated rings. The molecule has 1 aromatic heterocycles. The highest BCUT2D eigenvalue weighted by molar-refractivity contribution is 7.89. The lowest BCUT2D eigenvalue weighted by Gasteiger charge is -2.23. The maximum absolute atomic E-state index is 12.0. The summed E-state index contributed by atoms with van der Waals surface area (Å²) in [6.07, 6.45) is 6.30. The minimum absolute atomic E-state index is 0.197. The minimum Gasteiger partial charge on any atom is -0.366 e. The van der Waals surface area contributed by atoms with Gasteiger partial charge in [-0.15, -0.1) is 0 Å². The van der Waals surface area contributed by atoms with Gasteiger partial charge in [-0.1, -0.05) is 12.8 Å². The van der Waals surface area contributed by atoms with Crippen LogP contribution in [0.25, 0.3) is 0 Å². The van der Waals surface area contributed by atoms with Crippen LogP contribution in [0, 0.1) is 5.92 Å². The van der Waals surface area contributed by atoms with Crippen molar-refractivity contribution >= 4 is 15.8 Å². The highest BCUT2D eigenvalue weighted by Crippen LogP contribution is 2.28. The number of hydrogen-bond acceptors (Lipinski definition) is 5. The van der Waals surface area contributed by atoms with Crippen LogP contribution in [0.1, 0.15) is 25.7 Å². The van der Waals surface area contributed by atoms with Crippen molar-refractivity contribution in [2.75, 3.05) is 26.0 Å². The number of aromatic nitrogens is 1. The fourth-order valence-electron chi connectivity index (χ4n) is 2.75. The molecule has 2 rings (SSSR count). The van der Waals surface area contributed by atoms with E-state index in [0.717, 1.165) is 0 Å². The van der Waals surface area contributed by atoms with Gasteiger partial charge in [0.25, 0.3) is 0 Å². The van der Waals surface area contributed by atoms with Crippen LogP contribution in [0.2, 0.25) is 0 Å². The fraction of sp³-hybridized carbons (Fsp3) is 0.643. The summed E-state index contributed by atoms with van der Waals surface area (Å²) >= 11 is 0. The van der Waals surface area contributed by atoms with Crippen molar-refractivity contribution in [2.45, 2.75) is 36.6 Å². The lowest BCUT2D eigenvalue weighted by atomic mass is 9.98. The zero-order valence-corrected chi connectivity index (χ0v) is 13.4. The second-order valence-electron chi connectivity index (χ2n) is 5.70. The summed E-state index contributed by atoms with van der Waals surface area (Å²) in [5.74, 6) is 1.26. The molecular weight excluding hydrogens is 288 g/mol. The lowest BCUT2D eigenvalue weighted by Crippen LogP contribution is -2.35. The Bertz CT molecular complexity index is 551. The normalized spacial score (nSPS) is 18.1. The van der Waals surface area contributed by atoms with Gasteiger partial charge < -0.3 is 11.1 Å². The molecule has 1 saturated carbocycles. The molecule has 118 valence electrons. The summed E-state index contributed by atoms with van der Waals surface area (Å²) < 4.78 is 25.1. The molecule has 0 saturated heterocycles. The number of pyridine rings is 1. The average molecular weight is 312 g/mol. The third-order valence-corrected chi connectivity index (χ3v) is 5.87. The van der Waals surface area contributed by atoms with E-state index >= 15 is 0 Å². The fourth-order valence-corrected chi connectivity index (χ4v) is 3.60. The van der Waals surface area contributed by atoms with E-state index in [4.69, 9.17) is 5.73 Å². The Labute approximate surface area is 126 Å². The van der Waals surface area contributed by atoms with Crippen LogP contribution in [-0.2, 0) is 10.0 Å². The average Bonchev–Trinajstić information content (AvgIpc) is 2.99. The molecule has 21 heavy (non-hydrogen) atoms. The molecule has 0 radical (unpaired) electrons. The predicted molar refractivity (Wildman–Crippen MR) is 83.5 cm³/mol. The lowest BCUT2D eigenvalue weighted by molar-refractivity contribution is 0.461. The molecule has 1 heterocycles. The first-order valence-electron chi connectivity index (χ1n) is 7.30. The molecule has 0 bridgehead atoms. The van der Waals surface area contributed by atoms with Crippen molar-refractivity contribution in [1.82, 2.24) is 9.29 Å². The van der Waals surface area contributed by atoms with Crippen LogP contribution in [0.5, 0.6) is 0 Å². The molecule has 1 aromatic rings. The first kappa shape index (κ1) is 16.2. The van der Waals surface area contributed by atoms with Gasteiger partial charge in [0.2, 0.25) is 10.0 Å². The van der Waals surface area contributed by atoms with E-state index in [1.165, 1.54) is 50.3 Å². The first-order valence-corrected chi connectivity index (χ1v) is 8.74. The van der Waals surface area contributed by atoms with Gasteiger partial charge in [-0.2, -0.15) is 0 Å². The number of anilines is 1. The van der Waals surface area contributed by atoms with E-state index in [1.807, 2.05) is 0 Å². The van der Waals surface area contributed by atoms with E-state index in [-0.39, 0.29) is 10.9 Å². The Morgan fingerprint density at radius 2 is 2.05 bits per heavy atom. The van der Waals surface area contributed by atoms with E-state index < -0.39 is 10.0 Å². The molecule has 1 aliphatic carbocycles. The van der Waals surface area contributed by atoms with Gasteiger partial charge >= 0.3 is 0 Å². The zero-order valence-electron chi connectivity index (χ0n) is 12.6. The predicted octanol–water partition coefficient (Wildman–Crippen LogP) is 1.26. The molecular formula is C14H24N4O2S. The summed E-state index contributed by atoms with van der Waals surface area (Å²) in [7, 11) is -0.413. The van der Waals surface area contributed by atoms with Crippen LogP contribution in [0.4, 0.5) is 5.82 Å². The van der Waals surface area contributed by atoms with Gasteiger partial charge in [0, 0.05) is 32.9 Å². The van der Waals surface area contributed by atoms with E-state index in [2.05, 4.69) is 10.3 Å². The second-order valence-corrected chi connectivity index (χ2v) is 7.85. The van der Waals surface area contributed by atoms with Crippen LogP contribution < -0.4 is 11.1 Å². The Hall–Kier alpha value is -1.18. The number of rotatable bonds is 6. The quantitative estimate of drug-likeness (QED) is 0.825. The Kier molecular flexibility index (Phi) is 5.18. The van der Waals surface area contributed by atoms with Gasteiger partial charge in [-0.05, 0) is 30.9 Å². The third-order valence-electron chi connectivity index (χ3n) is 4.07. The van der Waals surface area contributed by atoms with Crippen molar-refractivity contribution in [2.24, 2.45) is 11.7 Å². The van der Waals surface area contributed by atoms with E-state index in [1.54, 1.807) is 12.1 Å². The SMILES string of the molecule is CN(C)S(=O)(=O)c1ccc(NC(CN)C2CCCC2)nc1. The summed E-state index contributed by atoms with van der Waals surface area (Å²) in [5, 5.41) is 3.33. The molecule has 1 atom stereocenters. The van der Waals surface area contributed by atoms with E-state index in [0.29, 0.717) is 18.3 Å². The number of hydrogen-bond donors (Lipinski definition) is 2. The number of nitrogens with one attached hydrogen (secondary N) is 1. The molecule has 0 aliphatic heterocycles. The van der Waals surface area contributed by atoms with Crippen molar-refractivity contribution in [3.05, 3.63) is 18.3 Å². The summed E-state index contributed by atoms with van der Waals surface area (Å²) in [6.45, 7) is 0.560. The van der Waals surface area contributed by atoms with Crippen molar-refractivity contribution < 1.29 is 8.42 Å². The third kappa shape index (κ3) is 3.72. The highest BCUT2D eigenvalue weighted by atomic mass is 32.2. The smallest absolute Gasteiger partial charge is 0.244 e. The van der Waals surface area contributed by atoms with Crippen LogP contribution in [0.15, 0.2) is 23.2 Å². The van der Waals surface area contributed by atoms with Crippen molar-refractivity contribution in [3.8, 4) is 0 Å². The Morgan fingerprint density at radius 3 is 2.52 bits per heavy atom. The molecule has 1 unspecified atom stereocenters. The standard InChI is InChI=1S/C14H24N4O2S/c1-18(2)21(19,20)12-7-8-14(16-10-12)17-13(9-15)11-5-3-4-6-11/h7-8,10-11,13H,3-6,9,15H2,1-2H3,(H,16,17). The highest BCUT2D eigenvalue weighted by Gasteiger charge is 2.24. The molecule has 3 N–H and O–H groups in total. The Morgan fingerprint density at radius 1 is 1.38 bits per heavy atom. The molecule has 6 nitrogen and oxygen atoms in total. The zero-order chi connectivity index (χ0) is 15.5. The van der Waals surface area contributed by atoms with Crippen molar-refractivity contribution in [3.63, 3.8) is 0 Å². The number of nitrogens with zero attached hydrogens (tertiary/aromatic N) is 2. The largest absolute Gasteiger partial charge is 0.366 e. The minimum atomic E-state index is -3.42. The second kappa shape index (κ2) is 6.72. The first-order chi connectivity index (χ1) is 9.95. The Balaban J connectivity index is 2.08. The van der Waals surface area contributed by atoms with Crippen LogP contribution in [0.3, 0.4) is 0 Å².